The lowest BCUT2D eigenvalue weighted by Crippen LogP contribution is -2.04. The molecule has 0 radical (unpaired) electrons. The molecule has 2 aromatic heterocycles. The van der Waals surface area contributed by atoms with Gasteiger partial charge >= 0.3 is 0 Å². The molecule has 2 aromatic carbocycles. The maximum Gasteiger partial charge on any atom is 0.250 e. The molecule has 4 aromatic rings. The number of nitrogens with zero attached hydrogens (tertiary/aromatic N) is 6. The second-order valence-corrected chi connectivity index (χ2v) is 6.27. The predicted octanol–water partition coefficient (Wildman–Crippen LogP) is 3.02. The number of ether oxygens (including phenoxy) is 2. The highest BCUT2D eigenvalue weighted by atomic mass is 16.5. The molecule has 0 saturated carbocycles. The Morgan fingerprint density at radius 1 is 1.00 bits per heavy atom. The Balaban J connectivity index is 1.52. The smallest absolute Gasteiger partial charge is 0.250 e. The molecular formula is C20H20N6O3. The lowest BCUT2D eigenvalue weighted by atomic mass is 10.1. The fourth-order valence-electron chi connectivity index (χ4n) is 2.85. The van der Waals surface area contributed by atoms with E-state index in [2.05, 4.69) is 44.6 Å². The largest absolute Gasteiger partial charge is 0.497 e. The molecule has 0 bridgehead atoms. The quantitative estimate of drug-likeness (QED) is 0.473. The third kappa shape index (κ3) is 3.93. The van der Waals surface area contributed by atoms with E-state index >= 15 is 0 Å². The highest BCUT2D eigenvalue weighted by Crippen LogP contribution is 2.31. The van der Waals surface area contributed by atoms with Gasteiger partial charge in [0.15, 0.2) is 0 Å². The van der Waals surface area contributed by atoms with E-state index in [-0.39, 0.29) is 6.54 Å². The summed E-state index contributed by atoms with van der Waals surface area (Å²) in [5.41, 5.74) is 2.86. The summed E-state index contributed by atoms with van der Waals surface area (Å²) >= 11 is 0. The molecule has 2 heterocycles. The first kappa shape index (κ1) is 18.6. The van der Waals surface area contributed by atoms with Gasteiger partial charge in [0.2, 0.25) is 11.6 Å². The summed E-state index contributed by atoms with van der Waals surface area (Å²) in [5, 5.41) is 16.6. The van der Waals surface area contributed by atoms with Crippen LogP contribution < -0.4 is 9.47 Å². The Kier molecular flexibility index (Phi) is 5.19. The van der Waals surface area contributed by atoms with E-state index < -0.39 is 0 Å². The first-order valence-corrected chi connectivity index (χ1v) is 9.12. The summed E-state index contributed by atoms with van der Waals surface area (Å²) in [6, 6.07) is 13.5. The van der Waals surface area contributed by atoms with Crippen molar-refractivity contribution in [2.45, 2.75) is 19.9 Å². The Morgan fingerprint density at radius 3 is 2.55 bits per heavy atom. The molecule has 148 valence electrons. The first-order chi connectivity index (χ1) is 14.2. The first-order valence-electron chi connectivity index (χ1n) is 9.12. The van der Waals surface area contributed by atoms with Crippen LogP contribution in [-0.4, -0.2) is 44.6 Å². The van der Waals surface area contributed by atoms with Crippen LogP contribution in [0.1, 0.15) is 18.4 Å². The highest BCUT2D eigenvalue weighted by molar-refractivity contribution is 5.65. The molecule has 0 spiro atoms. The molecule has 9 nitrogen and oxygen atoms in total. The number of aromatic nitrogens is 6. The van der Waals surface area contributed by atoms with Crippen molar-refractivity contribution in [1.82, 2.24) is 30.3 Å². The minimum Gasteiger partial charge on any atom is -0.497 e. The third-order valence-electron chi connectivity index (χ3n) is 4.47. The molecule has 0 unspecified atom stereocenters. The van der Waals surface area contributed by atoms with Gasteiger partial charge < -0.3 is 14.0 Å². The van der Waals surface area contributed by atoms with Crippen LogP contribution in [0.4, 0.5) is 0 Å². The van der Waals surface area contributed by atoms with E-state index in [4.69, 9.17) is 14.0 Å². The van der Waals surface area contributed by atoms with Crippen molar-refractivity contribution in [3.05, 3.63) is 53.9 Å². The molecular weight excluding hydrogens is 372 g/mol. The molecule has 9 heteroatoms. The average molecular weight is 392 g/mol. The normalized spacial score (nSPS) is 10.9. The zero-order valence-electron chi connectivity index (χ0n) is 16.4. The molecule has 0 aliphatic carbocycles. The van der Waals surface area contributed by atoms with Crippen molar-refractivity contribution in [3.63, 3.8) is 0 Å². The molecule has 0 atom stereocenters. The number of methoxy groups -OCH3 is 2. The van der Waals surface area contributed by atoms with Gasteiger partial charge in [0.05, 0.1) is 19.8 Å². The van der Waals surface area contributed by atoms with Crippen molar-refractivity contribution >= 4 is 0 Å². The van der Waals surface area contributed by atoms with Crippen LogP contribution in [0.15, 0.2) is 47.0 Å². The molecule has 0 saturated heterocycles. The SMILES string of the molecule is CCc1ccc(-c2nnn(Cc3nc(-c4ccc(OC)cc4OC)no3)n2)cc1. The van der Waals surface area contributed by atoms with E-state index in [1.54, 1.807) is 20.3 Å². The van der Waals surface area contributed by atoms with Gasteiger partial charge in [-0.25, -0.2) is 0 Å². The van der Waals surface area contributed by atoms with Gasteiger partial charge in [0.25, 0.3) is 5.89 Å². The molecule has 0 amide bonds. The summed E-state index contributed by atoms with van der Waals surface area (Å²) in [6.45, 7) is 2.33. The fraction of sp³-hybridized carbons (Fsp3) is 0.250. The van der Waals surface area contributed by atoms with Crippen LogP contribution >= 0.6 is 0 Å². The average Bonchev–Trinajstić information content (AvgIpc) is 3.43. The van der Waals surface area contributed by atoms with Gasteiger partial charge in [-0.1, -0.05) is 36.3 Å². The van der Waals surface area contributed by atoms with Crippen LogP contribution in [0.3, 0.4) is 0 Å². The fourth-order valence-corrected chi connectivity index (χ4v) is 2.85. The second-order valence-electron chi connectivity index (χ2n) is 6.27. The monoisotopic (exact) mass is 392 g/mol. The van der Waals surface area contributed by atoms with E-state index in [9.17, 15) is 0 Å². The predicted molar refractivity (Wildman–Crippen MR) is 105 cm³/mol. The third-order valence-corrected chi connectivity index (χ3v) is 4.47. The topological polar surface area (TPSA) is 101 Å². The standard InChI is InChI=1S/C20H20N6O3/c1-4-13-5-7-14(8-6-13)19-22-25-26(23-19)12-18-21-20(24-29-18)16-10-9-15(27-2)11-17(16)28-3/h5-11H,4,12H2,1-3H3. The molecule has 0 aliphatic rings. The molecule has 29 heavy (non-hydrogen) atoms. The number of rotatable bonds is 7. The second kappa shape index (κ2) is 8.09. The minimum atomic E-state index is 0.214. The number of hydrogen-bond donors (Lipinski definition) is 0. The van der Waals surface area contributed by atoms with Crippen molar-refractivity contribution < 1.29 is 14.0 Å². The van der Waals surface area contributed by atoms with Crippen LogP contribution in [0.5, 0.6) is 11.5 Å². The van der Waals surface area contributed by atoms with Gasteiger partial charge in [-0.15, -0.1) is 10.2 Å². The molecule has 0 aliphatic heterocycles. The van der Waals surface area contributed by atoms with Crippen molar-refractivity contribution in [3.8, 4) is 34.3 Å². The van der Waals surface area contributed by atoms with E-state index in [1.165, 1.54) is 10.4 Å². The van der Waals surface area contributed by atoms with Crippen molar-refractivity contribution in [2.24, 2.45) is 0 Å². The van der Waals surface area contributed by atoms with Crippen LogP contribution in [0.25, 0.3) is 22.8 Å². The summed E-state index contributed by atoms with van der Waals surface area (Å²) in [6.07, 6.45) is 0.985. The van der Waals surface area contributed by atoms with Gasteiger partial charge in [-0.3, -0.25) is 0 Å². The van der Waals surface area contributed by atoms with E-state index in [0.717, 1.165) is 12.0 Å². The van der Waals surface area contributed by atoms with Crippen LogP contribution in [0, 0.1) is 0 Å². The number of aryl methyl sites for hydroxylation is 1. The Hall–Kier alpha value is -3.75. The maximum atomic E-state index is 5.40. The molecule has 0 fully saturated rings. The van der Waals surface area contributed by atoms with E-state index in [0.29, 0.717) is 34.6 Å². The van der Waals surface area contributed by atoms with Crippen LogP contribution in [-0.2, 0) is 13.0 Å². The van der Waals surface area contributed by atoms with Crippen molar-refractivity contribution in [2.75, 3.05) is 14.2 Å². The zero-order chi connectivity index (χ0) is 20.2. The molecule has 4 rings (SSSR count). The maximum absolute atomic E-state index is 5.40. The lowest BCUT2D eigenvalue weighted by molar-refractivity contribution is 0.356. The van der Waals surface area contributed by atoms with Gasteiger partial charge in [-0.05, 0) is 29.3 Å². The Bertz CT molecular complexity index is 1100. The van der Waals surface area contributed by atoms with Crippen molar-refractivity contribution in [1.29, 1.82) is 0 Å². The van der Waals surface area contributed by atoms with Gasteiger partial charge in [0.1, 0.15) is 18.0 Å². The highest BCUT2D eigenvalue weighted by Gasteiger charge is 2.16. The summed E-state index contributed by atoms with van der Waals surface area (Å²) < 4.78 is 16.0. The zero-order valence-corrected chi connectivity index (χ0v) is 16.4. The number of benzene rings is 2. The molecule has 0 N–H and O–H groups in total. The Labute approximate surface area is 167 Å². The summed E-state index contributed by atoms with van der Waals surface area (Å²) in [7, 11) is 3.17. The Morgan fingerprint density at radius 2 is 1.83 bits per heavy atom. The van der Waals surface area contributed by atoms with Gasteiger partial charge in [0, 0.05) is 11.6 Å². The number of hydrogen-bond acceptors (Lipinski definition) is 8. The van der Waals surface area contributed by atoms with Gasteiger partial charge in [-0.2, -0.15) is 9.78 Å². The number of tetrazole rings is 1. The lowest BCUT2D eigenvalue weighted by Gasteiger charge is -2.07. The van der Waals surface area contributed by atoms with E-state index in [1.807, 2.05) is 24.3 Å². The van der Waals surface area contributed by atoms with Crippen LogP contribution in [0.2, 0.25) is 0 Å². The minimum absolute atomic E-state index is 0.214. The summed E-state index contributed by atoms with van der Waals surface area (Å²) in [4.78, 5) is 5.84. The summed E-state index contributed by atoms with van der Waals surface area (Å²) in [5.74, 6) is 2.59.